The van der Waals surface area contributed by atoms with Gasteiger partial charge in [-0.1, -0.05) is 12.8 Å². The molecule has 0 radical (unpaired) electrons. The van der Waals surface area contributed by atoms with Crippen molar-refractivity contribution in [3.8, 4) is 0 Å². The van der Waals surface area contributed by atoms with Crippen LogP contribution in [0.3, 0.4) is 0 Å². The van der Waals surface area contributed by atoms with Crippen LogP contribution in [-0.2, 0) is 52.7 Å². The molecule has 0 saturated carbocycles. The molecule has 11 nitrogen and oxygen atoms in total. The van der Waals surface area contributed by atoms with Gasteiger partial charge in [-0.2, -0.15) is 25.3 Å². The van der Waals surface area contributed by atoms with E-state index in [1.54, 1.807) is 0 Å². The third-order valence-electron chi connectivity index (χ3n) is 3.34. The summed E-state index contributed by atoms with van der Waals surface area (Å²) in [6, 6.07) is 0. The Labute approximate surface area is 161 Å². The Morgan fingerprint density at radius 3 is 1.37 bits per heavy atom. The molecule has 0 heterocycles. The van der Waals surface area contributed by atoms with E-state index in [0.29, 0.717) is 12.8 Å². The van der Waals surface area contributed by atoms with E-state index in [1.165, 1.54) is 0 Å². The molecule has 2 atom stereocenters. The van der Waals surface area contributed by atoms with Gasteiger partial charge in [0.15, 0.2) is 20.7 Å². The van der Waals surface area contributed by atoms with Crippen molar-refractivity contribution >= 4 is 40.2 Å². The summed E-state index contributed by atoms with van der Waals surface area (Å²) in [5, 5.41) is 0. The van der Waals surface area contributed by atoms with Crippen LogP contribution in [0.2, 0.25) is 0 Å². The van der Waals surface area contributed by atoms with Crippen molar-refractivity contribution in [2.24, 2.45) is 0 Å². The smallest absolute Gasteiger partial charge is 0.271 e. The standard InChI is InChI=1S/C12H26O11S4/c1-11(24(4,13)14)22-25(15,16)9-7-5-6-8-10-26(17,18)23-12(2)27(19,20)21-3/h11-12H,5-10H2,1-4H3. The number of unbranched alkanes of at least 4 members (excludes halogenated alkanes) is 3. The summed E-state index contributed by atoms with van der Waals surface area (Å²) in [4.78, 5) is 0. The normalized spacial score (nSPS) is 16.1. The number of rotatable bonds is 14. The highest BCUT2D eigenvalue weighted by atomic mass is 32.2. The summed E-state index contributed by atoms with van der Waals surface area (Å²) in [5.74, 6) is -0.843. The minimum atomic E-state index is -4.13. The molecular formula is C12H26O11S4. The van der Waals surface area contributed by atoms with Crippen molar-refractivity contribution in [1.29, 1.82) is 0 Å². The summed E-state index contributed by atoms with van der Waals surface area (Å²) >= 11 is 0. The summed E-state index contributed by atoms with van der Waals surface area (Å²) < 4.78 is 105. The van der Waals surface area contributed by atoms with Gasteiger partial charge >= 0.3 is 0 Å². The molecule has 15 heteroatoms. The van der Waals surface area contributed by atoms with Gasteiger partial charge in [-0.3, -0.25) is 8.37 Å². The number of hydrogen-bond acceptors (Lipinski definition) is 11. The second kappa shape index (κ2) is 10.5. The van der Waals surface area contributed by atoms with Gasteiger partial charge < -0.3 is 0 Å². The number of hydrogen-bond donors (Lipinski definition) is 0. The molecule has 0 aliphatic carbocycles. The molecule has 0 aromatic heterocycles. The zero-order chi connectivity index (χ0) is 21.5. The quantitative estimate of drug-likeness (QED) is 0.245. The van der Waals surface area contributed by atoms with Gasteiger partial charge in [-0.25, -0.2) is 12.6 Å². The minimum Gasteiger partial charge on any atom is -0.271 e. The predicted octanol–water partition coefficient (Wildman–Crippen LogP) is -0.0476. The van der Waals surface area contributed by atoms with Gasteiger partial charge in [-0.15, -0.1) is 0 Å². The lowest BCUT2D eigenvalue weighted by Crippen LogP contribution is -2.26. The first-order valence-electron chi connectivity index (χ1n) is 7.82. The monoisotopic (exact) mass is 474 g/mol. The lowest BCUT2D eigenvalue weighted by Gasteiger charge is -2.12. The van der Waals surface area contributed by atoms with Gasteiger partial charge in [-0.05, 0) is 26.7 Å². The van der Waals surface area contributed by atoms with Crippen molar-refractivity contribution in [1.82, 2.24) is 0 Å². The van der Waals surface area contributed by atoms with E-state index < -0.39 is 62.6 Å². The third kappa shape index (κ3) is 11.3. The van der Waals surface area contributed by atoms with Crippen LogP contribution in [0, 0.1) is 0 Å². The summed E-state index contributed by atoms with van der Waals surface area (Å²) in [7, 11) is -15.0. The Hall–Kier alpha value is -0.320. The first-order valence-corrected chi connectivity index (χ1v) is 14.4. The second-order valence-corrected chi connectivity index (χ2v) is 13.5. The molecule has 0 bridgehead atoms. The van der Waals surface area contributed by atoms with Crippen molar-refractivity contribution in [2.75, 3.05) is 24.9 Å². The van der Waals surface area contributed by atoms with E-state index in [0.717, 1.165) is 27.2 Å². The highest BCUT2D eigenvalue weighted by Crippen LogP contribution is 2.13. The molecule has 0 spiro atoms. The van der Waals surface area contributed by atoms with E-state index >= 15 is 0 Å². The topological polar surface area (TPSA) is 164 Å². The molecule has 0 aliphatic heterocycles. The van der Waals surface area contributed by atoms with Gasteiger partial charge in [0, 0.05) is 6.26 Å². The van der Waals surface area contributed by atoms with Gasteiger partial charge in [0.1, 0.15) is 0 Å². The molecule has 0 amide bonds. The van der Waals surface area contributed by atoms with Crippen LogP contribution in [0.15, 0.2) is 0 Å². The summed E-state index contributed by atoms with van der Waals surface area (Å²) in [6.07, 6.45) is 1.81. The van der Waals surface area contributed by atoms with Crippen LogP contribution < -0.4 is 0 Å². The van der Waals surface area contributed by atoms with Gasteiger partial charge in [0.05, 0.1) is 18.6 Å². The van der Waals surface area contributed by atoms with E-state index in [2.05, 4.69) is 12.5 Å². The Balaban J connectivity index is 4.26. The second-order valence-electron chi connectivity index (χ2n) is 5.75. The van der Waals surface area contributed by atoms with E-state index in [-0.39, 0.29) is 12.8 Å². The van der Waals surface area contributed by atoms with Gasteiger partial charge in [0.2, 0.25) is 0 Å². The van der Waals surface area contributed by atoms with Crippen LogP contribution >= 0.6 is 0 Å². The summed E-state index contributed by atoms with van der Waals surface area (Å²) in [6.45, 7) is 2.14. The molecule has 0 fully saturated rings. The SMILES string of the molecule is COS(=O)(=O)C(C)OS(=O)(=O)CCCCCCS(=O)(=O)OC(C)S(C)(=O)=O. The Morgan fingerprint density at radius 1 is 0.667 bits per heavy atom. The van der Waals surface area contributed by atoms with Gasteiger partial charge in [0.25, 0.3) is 30.4 Å². The average molecular weight is 475 g/mol. The molecule has 0 saturated heterocycles. The first kappa shape index (κ1) is 26.7. The molecule has 0 N–H and O–H groups in total. The van der Waals surface area contributed by atoms with Crippen LogP contribution in [0.4, 0.5) is 0 Å². The van der Waals surface area contributed by atoms with Crippen molar-refractivity contribution in [2.45, 2.75) is 50.4 Å². The lowest BCUT2D eigenvalue weighted by atomic mass is 10.2. The number of sulfone groups is 1. The highest BCUT2D eigenvalue weighted by molar-refractivity contribution is 7.92. The van der Waals surface area contributed by atoms with E-state index in [4.69, 9.17) is 0 Å². The fourth-order valence-corrected chi connectivity index (χ4v) is 5.75. The Bertz CT molecular complexity index is 870. The van der Waals surface area contributed by atoms with Crippen molar-refractivity contribution in [3.63, 3.8) is 0 Å². The van der Waals surface area contributed by atoms with E-state index in [9.17, 15) is 33.7 Å². The molecular weight excluding hydrogens is 448 g/mol. The van der Waals surface area contributed by atoms with Crippen LogP contribution in [-0.4, -0.2) is 69.4 Å². The highest BCUT2D eigenvalue weighted by Gasteiger charge is 2.27. The maximum Gasteiger partial charge on any atom is 0.295 e. The molecule has 0 aromatic rings. The van der Waals surface area contributed by atoms with Crippen molar-refractivity contribution < 1.29 is 46.2 Å². The van der Waals surface area contributed by atoms with E-state index in [1.807, 2.05) is 0 Å². The summed E-state index contributed by atoms with van der Waals surface area (Å²) in [5.41, 5.74) is -3.15. The first-order chi connectivity index (χ1) is 12.0. The lowest BCUT2D eigenvalue weighted by molar-refractivity contribution is 0.265. The van der Waals surface area contributed by atoms with Crippen LogP contribution in [0.1, 0.15) is 39.5 Å². The van der Waals surface area contributed by atoms with Crippen LogP contribution in [0.5, 0.6) is 0 Å². The fraction of sp³-hybridized carbons (Fsp3) is 1.00. The molecule has 0 aromatic carbocycles. The largest absolute Gasteiger partial charge is 0.295 e. The van der Waals surface area contributed by atoms with Crippen molar-refractivity contribution in [3.05, 3.63) is 0 Å². The zero-order valence-electron chi connectivity index (χ0n) is 15.5. The molecule has 164 valence electrons. The fourth-order valence-electron chi connectivity index (χ4n) is 1.68. The Kier molecular flexibility index (Phi) is 10.3. The molecule has 27 heavy (non-hydrogen) atoms. The maximum absolute atomic E-state index is 11.7. The minimum absolute atomic E-state index is 0.128. The maximum atomic E-state index is 11.7. The molecule has 0 rings (SSSR count). The third-order valence-corrected chi connectivity index (χ3v) is 9.01. The molecule has 0 aliphatic rings. The predicted molar refractivity (Wildman–Crippen MR) is 97.9 cm³/mol. The van der Waals surface area contributed by atoms with Crippen LogP contribution in [0.25, 0.3) is 0 Å². The average Bonchev–Trinajstić information content (AvgIpc) is 2.48. The Morgan fingerprint density at radius 2 is 1.04 bits per heavy atom. The molecule has 2 unspecified atom stereocenters. The zero-order valence-corrected chi connectivity index (χ0v) is 18.8.